The maximum absolute atomic E-state index is 10.8. The van der Waals surface area contributed by atoms with Gasteiger partial charge in [0.15, 0.2) is 0 Å². The van der Waals surface area contributed by atoms with Crippen LogP contribution in [0.3, 0.4) is 0 Å². The molecule has 78 valence electrons. The monoisotopic (exact) mass is 192 g/mol. The van der Waals surface area contributed by atoms with Gasteiger partial charge in [-0.05, 0) is 18.4 Å². The van der Waals surface area contributed by atoms with Gasteiger partial charge in [-0.2, -0.15) is 0 Å². The fourth-order valence-corrected chi connectivity index (χ4v) is 1.33. The topological polar surface area (TPSA) is 17.1 Å². The summed E-state index contributed by atoms with van der Waals surface area (Å²) in [5.74, 6) is 0.607. The zero-order valence-corrected chi connectivity index (χ0v) is 9.58. The van der Waals surface area contributed by atoms with E-state index in [1.807, 2.05) is 32.0 Å². The molecule has 0 fully saturated rings. The van der Waals surface area contributed by atoms with Gasteiger partial charge in [0.2, 0.25) is 0 Å². The van der Waals surface area contributed by atoms with Crippen LogP contribution in [0.4, 0.5) is 0 Å². The van der Waals surface area contributed by atoms with Gasteiger partial charge in [0.1, 0.15) is 5.78 Å². The Labute approximate surface area is 87.2 Å². The number of ketones is 1. The first kappa shape index (κ1) is 12.9. The van der Waals surface area contributed by atoms with E-state index >= 15 is 0 Å². The van der Waals surface area contributed by atoms with E-state index in [0.29, 0.717) is 12.3 Å². The van der Waals surface area contributed by atoms with Crippen LogP contribution in [0.5, 0.6) is 0 Å². The Hall–Kier alpha value is -1.11. The molecule has 0 aromatic heterocycles. The lowest BCUT2D eigenvalue weighted by Gasteiger charge is -2.08. The minimum Gasteiger partial charge on any atom is -0.300 e. The summed E-state index contributed by atoms with van der Waals surface area (Å²) in [5.41, 5.74) is 1.24. The third-order valence-electron chi connectivity index (χ3n) is 1.96. The van der Waals surface area contributed by atoms with E-state index < -0.39 is 0 Å². The maximum atomic E-state index is 10.8. The third-order valence-corrected chi connectivity index (χ3v) is 1.96. The lowest BCUT2D eigenvalue weighted by atomic mass is 9.96. The summed E-state index contributed by atoms with van der Waals surface area (Å²) in [7, 11) is 0. The van der Waals surface area contributed by atoms with Crippen LogP contribution in [0.15, 0.2) is 30.3 Å². The second kappa shape index (κ2) is 7.31. The molecule has 1 aromatic rings. The second-order valence-corrected chi connectivity index (χ2v) is 3.22. The van der Waals surface area contributed by atoms with Crippen molar-refractivity contribution in [2.24, 2.45) is 0 Å². The van der Waals surface area contributed by atoms with Gasteiger partial charge in [-0.3, -0.25) is 0 Å². The van der Waals surface area contributed by atoms with Crippen LogP contribution in [0.2, 0.25) is 0 Å². The van der Waals surface area contributed by atoms with E-state index in [2.05, 4.69) is 19.1 Å². The van der Waals surface area contributed by atoms with E-state index in [9.17, 15) is 4.79 Å². The number of carbonyl (C=O) groups is 1. The van der Waals surface area contributed by atoms with Gasteiger partial charge >= 0.3 is 0 Å². The van der Waals surface area contributed by atoms with E-state index in [-0.39, 0.29) is 5.78 Å². The molecule has 1 unspecified atom stereocenters. The van der Waals surface area contributed by atoms with Crippen molar-refractivity contribution in [1.82, 2.24) is 0 Å². The molecule has 0 heterocycles. The lowest BCUT2D eigenvalue weighted by Crippen LogP contribution is -1.99. The predicted molar refractivity (Wildman–Crippen MR) is 61.5 cm³/mol. The van der Waals surface area contributed by atoms with Crippen molar-refractivity contribution in [1.29, 1.82) is 0 Å². The largest absolute Gasteiger partial charge is 0.300 e. The Morgan fingerprint density at radius 2 is 1.71 bits per heavy atom. The average Bonchev–Trinajstić information content (AvgIpc) is 2.21. The normalized spacial score (nSPS) is 11.1. The van der Waals surface area contributed by atoms with E-state index in [1.165, 1.54) is 5.56 Å². The van der Waals surface area contributed by atoms with Crippen LogP contribution in [0, 0.1) is 0 Å². The fourth-order valence-electron chi connectivity index (χ4n) is 1.33. The third kappa shape index (κ3) is 4.80. The van der Waals surface area contributed by atoms with Gasteiger partial charge in [0.25, 0.3) is 0 Å². The SMILES string of the molecule is CC.CC(=O)CC(C)c1ccccc1. The van der Waals surface area contributed by atoms with Crippen molar-refractivity contribution in [2.45, 2.75) is 40.0 Å². The molecule has 0 spiro atoms. The summed E-state index contributed by atoms with van der Waals surface area (Å²) in [6.45, 7) is 7.72. The first-order chi connectivity index (χ1) is 6.70. The molecule has 0 saturated carbocycles. The number of Topliss-reactive ketones (excluding diaryl/α,β-unsaturated/α-hetero) is 1. The van der Waals surface area contributed by atoms with Crippen LogP contribution in [-0.4, -0.2) is 5.78 Å². The molecule has 1 nitrogen and oxygen atoms in total. The Morgan fingerprint density at radius 1 is 1.21 bits per heavy atom. The Bertz CT molecular complexity index is 251. The molecule has 0 amide bonds. The molecule has 1 atom stereocenters. The number of rotatable bonds is 3. The Kier molecular flexibility index (Phi) is 6.73. The van der Waals surface area contributed by atoms with Crippen LogP contribution in [0.1, 0.15) is 45.6 Å². The van der Waals surface area contributed by atoms with Crippen molar-refractivity contribution >= 4 is 5.78 Å². The van der Waals surface area contributed by atoms with Gasteiger partial charge in [-0.25, -0.2) is 0 Å². The maximum Gasteiger partial charge on any atom is 0.130 e. The minimum absolute atomic E-state index is 0.256. The molecule has 0 saturated heterocycles. The minimum atomic E-state index is 0.256. The molecule has 0 bridgehead atoms. The fraction of sp³-hybridized carbons (Fsp3) is 0.462. The summed E-state index contributed by atoms with van der Waals surface area (Å²) in [6.07, 6.45) is 0.643. The first-order valence-electron chi connectivity index (χ1n) is 5.24. The molecule has 0 radical (unpaired) electrons. The summed E-state index contributed by atoms with van der Waals surface area (Å²) in [5, 5.41) is 0. The van der Waals surface area contributed by atoms with Gasteiger partial charge in [0.05, 0.1) is 0 Å². The molecule has 0 aliphatic rings. The van der Waals surface area contributed by atoms with Crippen LogP contribution < -0.4 is 0 Å². The number of hydrogen-bond acceptors (Lipinski definition) is 1. The number of hydrogen-bond donors (Lipinski definition) is 0. The smallest absolute Gasteiger partial charge is 0.130 e. The van der Waals surface area contributed by atoms with Crippen LogP contribution in [-0.2, 0) is 4.79 Å². The summed E-state index contributed by atoms with van der Waals surface area (Å²) < 4.78 is 0. The quantitative estimate of drug-likeness (QED) is 0.712. The van der Waals surface area contributed by atoms with E-state index in [0.717, 1.165) is 0 Å². The first-order valence-corrected chi connectivity index (χ1v) is 5.24. The standard InChI is InChI=1S/C11H14O.C2H6/c1-9(8-10(2)12)11-6-4-3-5-7-11;1-2/h3-7,9H,8H2,1-2H3;1-2H3. The highest BCUT2D eigenvalue weighted by Gasteiger charge is 2.06. The van der Waals surface area contributed by atoms with Gasteiger partial charge in [-0.1, -0.05) is 51.1 Å². The van der Waals surface area contributed by atoms with E-state index in [1.54, 1.807) is 6.92 Å². The lowest BCUT2D eigenvalue weighted by molar-refractivity contribution is -0.117. The highest BCUT2D eigenvalue weighted by atomic mass is 16.1. The molecule has 0 aliphatic heterocycles. The second-order valence-electron chi connectivity index (χ2n) is 3.22. The van der Waals surface area contributed by atoms with Gasteiger partial charge in [-0.15, -0.1) is 0 Å². The molecule has 1 aromatic carbocycles. The molecule has 0 N–H and O–H groups in total. The van der Waals surface area contributed by atoms with Gasteiger partial charge < -0.3 is 4.79 Å². The van der Waals surface area contributed by atoms with Crippen molar-refractivity contribution in [3.63, 3.8) is 0 Å². The summed E-state index contributed by atoms with van der Waals surface area (Å²) >= 11 is 0. The molecule has 1 heteroatoms. The average molecular weight is 192 g/mol. The summed E-state index contributed by atoms with van der Waals surface area (Å²) in [6, 6.07) is 10.1. The van der Waals surface area contributed by atoms with Crippen molar-refractivity contribution in [2.75, 3.05) is 0 Å². The van der Waals surface area contributed by atoms with Crippen LogP contribution in [0.25, 0.3) is 0 Å². The van der Waals surface area contributed by atoms with Crippen molar-refractivity contribution in [3.8, 4) is 0 Å². The Balaban J connectivity index is 0.000000791. The predicted octanol–water partition coefficient (Wildman–Crippen LogP) is 3.80. The molecule has 14 heavy (non-hydrogen) atoms. The molecular weight excluding hydrogens is 172 g/mol. The number of carbonyl (C=O) groups excluding carboxylic acids is 1. The van der Waals surface area contributed by atoms with E-state index in [4.69, 9.17) is 0 Å². The zero-order chi connectivity index (χ0) is 11.0. The zero-order valence-electron chi connectivity index (χ0n) is 9.58. The molecular formula is C13H20O. The number of benzene rings is 1. The molecule has 1 rings (SSSR count). The highest BCUT2D eigenvalue weighted by Crippen LogP contribution is 2.18. The van der Waals surface area contributed by atoms with Crippen molar-refractivity contribution in [3.05, 3.63) is 35.9 Å². The summed E-state index contributed by atoms with van der Waals surface area (Å²) in [4.78, 5) is 10.8. The molecule has 0 aliphatic carbocycles. The van der Waals surface area contributed by atoms with Gasteiger partial charge in [0, 0.05) is 6.42 Å². The van der Waals surface area contributed by atoms with Crippen molar-refractivity contribution < 1.29 is 4.79 Å². The Morgan fingerprint density at radius 3 is 2.14 bits per heavy atom. The highest BCUT2D eigenvalue weighted by molar-refractivity contribution is 5.76. The van der Waals surface area contributed by atoms with Crippen LogP contribution >= 0.6 is 0 Å².